The molecule has 70 valence electrons. The van der Waals surface area contributed by atoms with E-state index in [1.165, 1.54) is 12.1 Å². The quantitative estimate of drug-likeness (QED) is 0.694. The summed E-state index contributed by atoms with van der Waals surface area (Å²) in [5, 5.41) is 2.93. The summed E-state index contributed by atoms with van der Waals surface area (Å²) in [6, 6.07) is 4.62. The van der Waals surface area contributed by atoms with E-state index in [1.807, 2.05) is 6.92 Å². The Bertz CT molecular complexity index is 332. The molecule has 0 aromatic heterocycles. The number of halogens is 1. The molecule has 13 heavy (non-hydrogen) atoms. The third kappa shape index (κ3) is 2.05. The average Bonchev–Trinajstić information content (AvgIpc) is 2.16. The lowest BCUT2D eigenvalue weighted by atomic mass is 10.1. The van der Waals surface area contributed by atoms with Crippen molar-refractivity contribution in [1.29, 1.82) is 0 Å². The van der Waals surface area contributed by atoms with Crippen molar-refractivity contribution in [2.24, 2.45) is 4.99 Å². The van der Waals surface area contributed by atoms with Gasteiger partial charge in [0.1, 0.15) is 5.82 Å². The summed E-state index contributed by atoms with van der Waals surface area (Å²) >= 11 is 0. The Morgan fingerprint density at radius 2 is 2.15 bits per heavy atom. The van der Waals surface area contributed by atoms with E-state index in [1.54, 1.807) is 20.2 Å². The van der Waals surface area contributed by atoms with E-state index in [0.717, 1.165) is 17.0 Å². The number of nitrogens with one attached hydrogen (secondary N) is 1. The molecule has 0 heterocycles. The highest BCUT2D eigenvalue weighted by molar-refractivity contribution is 6.03. The summed E-state index contributed by atoms with van der Waals surface area (Å²) in [5.41, 5.74) is 2.60. The van der Waals surface area contributed by atoms with Crippen LogP contribution in [-0.2, 0) is 0 Å². The van der Waals surface area contributed by atoms with Crippen molar-refractivity contribution in [3.05, 3.63) is 29.6 Å². The minimum Gasteiger partial charge on any atom is -0.387 e. The topological polar surface area (TPSA) is 24.4 Å². The molecule has 0 fully saturated rings. The summed E-state index contributed by atoms with van der Waals surface area (Å²) < 4.78 is 12.8. The number of rotatable bonds is 2. The van der Waals surface area contributed by atoms with Crippen LogP contribution < -0.4 is 5.32 Å². The highest BCUT2D eigenvalue weighted by Crippen LogP contribution is 2.17. The van der Waals surface area contributed by atoms with Gasteiger partial charge in [-0.1, -0.05) is 0 Å². The van der Waals surface area contributed by atoms with E-state index >= 15 is 0 Å². The van der Waals surface area contributed by atoms with Crippen LogP contribution >= 0.6 is 0 Å². The molecule has 1 N–H and O–H groups in total. The molecular formula is C10H13FN2. The van der Waals surface area contributed by atoms with E-state index < -0.39 is 0 Å². The fraction of sp³-hybridized carbons (Fsp3) is 0.300. The molecule has 0 aliphatic rings. The first-order valence-corrected chi connectivity index (χ1v) is 4.10. The van der Waals surface area contributed by atoms with E-state index in [9.17, 15) is 4.39 Å². The van der Waals surface area contributed by atoms with Crippen molar-refractivity contribution in [1.82, 2.24) is 0 Å². The lowest BCUT2D eigenvalue weighted by Gasteiger charge is -2.07. The van der Waals surface area contributed by atoms with Gasteiger partial charge in [0.05, 0.1) is 0 Å². The molecule has 3 heteroatoms. The third-order valence-electron chi connectivity index (χ3n) is 1.98. The molecule has 0 saturated heterocycles. The third-order valence-corrected chi connectivity index (χ3v) is 1.98. The largest absolute Gasteiger partial charge is 0.387 e. The maximum Gasteiger partial charge on any atom is 0.125 e. The van der Waals surface area contributed by atoms with E-state index in [2.05, 4.69) is 10.3 Å². The number of hydrogen-bond donors (Lipinski definition) is 1. The Morgan fingerprint density at radius 3 is 2.69 bits per heavy atom. The highest BCUT2D eigenvalue weighted by atomic mass is 19.1. The van der Waals surface area contributed by atoms with Crippen LogP contribution in [0.5, 0.6) is 0 Å². The van der Waals surface area contributed by atoms with Gasteiger partial charge in [0, 0.05) is 31.1 Å². The molecule has 0 radical (unpaired) electrons. The fourth-order valence-electron chi connectivity index (χ4n) is 1.16. The minimum absolute atomic E-state index is 0.239. The molecule has 1 aromatic rings. The molecule has 1 aromatic carbocycles. The van der Waals surface area contributed by atoms with Crippen LogP contribution in [-0.4, -0.2) is 19.8 Å². The second-order valence-electron chi connectivity index (χ2n) is 2.75. The molecule has 0 aliphatic heterocycles. The van der Waals surface area contributed by atoms with E-state index in [-0.39, 0.29) is 5.82 Å². The normalized spacial score (nSPS) is 11.5. The van der Waals surface area contributed by atoms with Crippen molar-refractivity contribution in [2.45, 2.75) is 6.92 Å². The van der Waals surface area contributed by atoms with Crippen molar-refractivity contribution in [2.75, 3.05) is 19.4 Å². The average molecular weight is 180 g/mol. The number of aliphatic imine (C=N–C) groups is 1. The lowest BCUT2D eigenvalue weighted by molar-refractivity contribution is 0.628. The van der Waals surface area contributed by atoms with Crippen LogP contribution in [0.1, 0.15) is 12.5 Å². The molecule has 0 amide bonds. The van der Waals surface area contributed by atoms with Gasteiger partial charge in [-0.3, -0.25) is 4.99 Å². The van der Waals surface area contributed by atoms with Crippen LogP contribution in [0.4, 0.5) is 10.1 Å². The van der Waals surface area contributed by atoms with Crippen molar-refractivity contribution in [3.8, 4) is 0 Å². The number of benzene rings is 1. The molecule has 1 rings (SSSR count). The van der Waals surface area contributed by atoms with Gasteiger partial charge in [0.25, 0.3) is 0 Å². The molecule has 0 bridgehead atoms. The van der Waals surface area contributed by atoms with Crippen LogP contribution in [0.3, 0.4) is 0 Å². The second-order valence-corrected chi connectivity index (χ2v) is 2.75. The summed E-state index contributed by atoms with van der Waals surface area (Å²) in [5.74, 6) is -0.239. The summed E-state index contributed by atoms with van der Waals surface area (Å²) in [4.78, 5) is 4.05. The number of nitrogens with zero attached hydrogens (tertiary/aromatic N) is 1. The van der Waals surface area contributed by atoms with Gasteiger partial charge in [0.15, 0.2) is 0 Å². The Hall–Kier alpha value is -1.38. The molecule has 0 atom stereocenters. The van der Waals surface area contributed by atoms with Gasteiger partial charge in [-0.05, 0) is 25.1 Å². The molecule has 0 unspecified atom stereocenters. The van der Waals surface area contributed by atoms with Crippen LogP contribution in [0.2, 0.25) is 0 Å². The fourth-order valence-corrected chi connectivity index (χ4v) is 1.16. The smallest absolute Gasteiger partial charge is 0.125 e. The summed E-state index contributed by atoms with van der Waals surface area (Å²) in [6.45, 7) is 1.90. The van der Waals surface area contributed by atoms with Gasteiger partial charge in [0.2, 0.25) is 0 Å². The van der Waals surface area contributed by atoms with Crippen LogP contribution in [0.25, 0.3) is 0 Å². The molecular weight excluding hydrogens is 167 g/mol. The van der Waals surface area contributed by atoms with Crippen LogP contribution in [0, 0.1) is 5.82 Å². The predicted octanol–water partition coefficient (Wildman–Crippen LogP) is 2.31. The van der Waals surface area contributed by atoms with E-state index in [4.69, 9.17) is 0 Å². The van der Waals surface area contributed by atoms with Gasteiger partial charge >= 0.3 is 0 Å². The van der Waals surface area contributed by atoms with Gasteiger partial charge < -0.3 is 5.32 Å². The van der Waals surface area contributed by atoms with Crippen molar-refractivity contribution < 1.29 is 4.39 Å². The zero-order chi connectivity index (χ0) is 9.84. The first-order valence-electron chi connectivity index (χ1n) is 4.10. The Labute approximate surface area is 77.5 Å². The Morgan fingerprint density at radius 1 is 1.46 bits per heavy atom. The zero-order valence-electron chi connectivity index (χ0n) is 8.06. The van der Waals surface area contributed by atoms with Gasteiger partial charge in [-0.15, -0.1) is 0 Å². The van der Waals surface area contributed by atoms with Crippen molar-refractivity contribution in [3.63, 3.8) is 0 Å². The number of hydrogen-bond acceptors (Lipinski definition) is 2. The first kappa shape index (κ1) is 9.71. The zero-order valence-corrected chi connectivity index (χ0v) is 8.06. The van der Waals surface area contributed by atoms with Gasteiger partial charge in [-0.25, -0.2) is 4.39 Å². The number of anilines is 1. The second kappa shape index (κ2) is 4.03. The van der Waals surface area contributed by atoms with Gasteiger partial charge in [-0.2, -0.15) is 0 Å². The molecule has 2 nitrogen and oxygen atoms in total. The summed E-state index contributed by atoms with van der Waals surface area (Å²) in [7, 11) is 3.49. The Kier molecular flexibility index (Phi) is 3.01. The maximum atomic E-state index is 12.8. The molecule has 0 spiro atoms. The standard InChI is InChI=1S/C10H13FN2/c1-7(12-2)9-5-4-8(11)6-10(9)13-3/h4-6,13H,1-3H3. The highest BCUT2D eigenvalue weighted by Gasteiger charge is 2.04. The minimum atomic E-state index is -0.239. The SMILES string of the molecule is CN=C(C)c1ccc(F)cc1NC. The molecule has 0 saturated carbocycles. The molecule has 0 aliphatic carbocycles. The summed E-state index contributed by atoms with van der Waals surface area (Å²) in [6.07, 6.45) is 0. The predicted molar refractivity (Wildman–Crippen MR) is 54.1 cm³/mol. The van der Waals surface area contributed by atoms with E-state index in [0.29, 0.717) is 0 Å². The lowest BCUT2D eigenvalue weighted by Crippen LogP contribution is -2.01. The Balaban J connectivity index is 3.21. The van der Waals surface area contributed by atoms with Crippen molar-refractivity contribution >= 4 is 11.4 Å². The monoisotopic (exact) mass is 180 g/mol. The maximum absolute atomic E-state index is 12.8. The van der Waals surface area contributed by atoms with Crippen LogP contribution in [0.15, 0.2) is 23.2 Å². The first-order chi connectivity index (χ1) is 6.19.